The fourth-order valence-electron chi connectivity index (χ4n) is 2.62. The molecule has 1 saturated heterocycles. The third-order valence-corrected chi connectivity index (χ3v) is 4.13. The van der Waals surface area contributed by atoms with E-state index >= 15 is 0 Å². The smallest absolute Gasteiger partial charge is 0.266 e. The van der Waals surface area contributed by atoms with Gasteiger partial charge in [0.05, 0.1) is 14.2 Å². The topological polar surface area (TPSA) is 94.9 Å². The number of carbonyl (C=O) groups excluding carboxylic acids is 2. The van der Waals surface area contributed by atoms with Crippen molar-refractivity contribution in [2.24, 2.45) is 0 Å². The van der Waals surface area contributed by atoms with Crippen molar-refractivity contribution in [1.29, 1.82) is 5.26 Å². The minimum absolute atomic E-state index is 0.00365. The van der Waals surface area contributed by atoms with Gasteiger partial charge in [-0.2, -0.15) is 5.26 Å². The number of methoxy groups -OCH3 is 2. The summed E-state index contributed by atoms with van der Waals surface area (Å²) < 4.78 is 10.4. The van der Waals surface area contributed by atoms with Gasteiger partial charge in [0.25, 0.3) is 5.91 Å². The summed E-state index contributed by atoms with van der Waals surface area (Å²) >= 11 is 0. The number of rotatable bonds is 5. The van der Waals surface area contributed by atoms with Crippen LogP contribution in [0.25, 0.3) is 0 Å². The van der Waals surface area contributed by atoms with Crippen molar-refractivity contribution < 1.29 is 19.1 Å². The van der Waals surface area contributed by atoms with Crippen LogP contribution in [0.5, 0.6) is 11.5 Å². The molecule has 1 heterocycles. The molecule has 8 heteroatoms. The number of amides is 2. The molecule has 1 N–H and O–H groups in total. The molecule has 0 aliphatic carbocycles. The van der Waals surface area contributed by atoms with E-state index in [-0.39, 0.29) is 17.4 Å². The van der Waals surface area contributed by atoms with Gasteiger partial charge < -0.3 is 24.6 Å². The van der Waals surface area contributed by atoms with E-state index in [0.29, 0.717) is 43.4 Å². The van der Waals surface area contributed by atoms with Gasteiger partial charge in [0.1, 0.15) is 11.6 Å². The van der Waals surface area contributed by atoms with Gasteiger partial charge in [-0.15, -0.1) is 0 Å². The maximum Gasteiger partial charge on any atom is 0.266 e. The highest BCUT2D eigenvalue weighted by atomic mass is 16.5. The third kappa shape index (κ3) is 4.45. The Morgan fingerprint density at radius 3 is 2.27 bits per heavy atom. The molecule has 0 bridgehead atoms. The van der Waals surface area contributed by atoms with Crippen molar-refractivity contribution >= 4 is 17.5 Å². The number of ether oxygens (including phenoxy) is 2. The molecule has 1 aliphatic rings. The van der Waals surface area contributed by atoms with Gasteiger partial charge in [-0.1, -0.05) is 0 Å². The van der Waals surface area contributed by atoms with Crippen LogP contribution in [0.2, 0.25) is 0 Å². The van der Waals surface area contributed by atoms with E-state index in [1.807, 2.05) is 6.07 Å². The molecular weight excluding hydrogens is 336 g/mol. The number of benzene rings is 1. The van der Waals surface area contributed by atoms with Crippen LogP contribution in [-0.4, -0.2) is 62.0 Å². The van der Waals surface area contributed by atoms with Gasteiger partial charge in [-0.05, 0) is 12.1 Å². The largest absolute Gasteiger partial charge is 0.493 e. The first-order chi connectivity index (χ1) is 12.5. The molecule has 1 aromatic rings. The molecule has 138 valence electrons. The zero-order valence-corrected chi connectivity index (χ0v) is 15.1. The average Bonchev–Trinajstić information content (AvgIpc) is 2.68. The summed E-state index contributed by atoms with van der Waals surface area (Å²) in [5.41, 5.74) is 0.653. The Kier molecular flexibility index (Phi) is 6.44. The van der Waals surface area contributed by atoms with Crippen molar-refractivity contribution in [3.8, 4) is 17.6 Å². The van der Waals surface area contributed by atoms with E-state index in [0.717, 1.165) is 0 Å². The lowest BCUT2D eigenvalue weighted by Crippen LogP contribution is -2.50. The fraction of sp³-hybridized carbons (Fsp3) is 0.389. The maximum absolute atomic E-state index is 12.5. The van der Waals surface area contributed by atoms with E-state index in [2.05, 4.69) is 5.32 Å². The Labute approximate surface area is 152 Å². The lowest BCUT2D eigenvalue weighted by Gasteiger charge is -2.34. The van der Waals surface area contributed by atoms with Crippen LogP contribution < -0.4 is 14.8 Å². The molecular formula is C18H22N4O4. The van der Waals surface area contributed by atoms with Crippen LogP contribution >= 0.6 is 0 Å². The zero-order chi connectivity index (χ0) is 19.1. The number of piperazine rings is 1. The van der Waals surface area contributed by atoms with Gasteiger partial charge in [0, 0.05) is 51.1 Å². The molecule has 0 spiro atoms. The maximum atomic E-state index is 12.5. The highest BCUT2D eigenvalue weighted by Crippen LogP contribution is 2.29. The first kappa shape index (κ1) is 19.1. The summed E-state index contributed by atoms with van der Waals surface area (Å²) in [5, 5.41) is 12.2. The van der Waals surface area contributed by atoms with Gasteiger partial charge in [-0.3, -0.25) is 9.59 Å². The number of hydrogen-bond acceptors (Lipinski definition) is 6. The SMILES string of the molecule is COc1ccc(N/C=C(/C#N)C(=O)N2CCN(C(C)=O)CC2)cc1OC. The van der Waals surface area contributed by atoms with Crippen molar-refractivity contribution in [1.82, 2.24) is 9.80 Å². The van der Waals surface area contributed by atoms with Crippen LogP contribution in [0.1, 0.15) is 6.92 Å². The van der Waals surface area contributed by atoms with Gasteiger partial charge >= 0.3 is 0 Å². The van der Waals surface area contributed by atoms with Gasteiger partial charge in [0.15, 0.2) is 11.5 Å². The number of nitriles is 1. The van der Waals surface area contributed by atoms with E-state index in [9.17, 15) is 14.9 Å². The first-order valence-electron chi connectivity index (χ1n) is 8.13. The number of carbonyl (C=O) groups is 2. The summed E-state index contributed by atoms with van der Waals surface area (Å²) in [7, 11) is 3.07. The molecule has 0 unspecified atom stereocenters. The molecule has 0 saturated carbocycles. The number of anilines is 1. The highest BCUT2D eigenvalue weighted by molar-refractivity contribution is 5.97. The first-order valence-corrected chi connectivity index (χ1v) is 8.13. The summed E-state index contributed by atoms with van der Waals surface area (Å²) in [5.74, 6) is 0.755. The second-order valence-corrected chi connectivity index (χ2v) is 5.68. The van der Waals surface area contributed by atoms with E-state index < -0.39 is 0 Å². The second-order valence-electron chi connectivity index (χ2n) is 5.68. The minimum Gasteiger partial charge on any atom is -0.493 e. The van der Waals surface area contributed by atoms with Crippen LogP contribution in [0, 0.1) is 11.3 Å². The predicted octanol–water partition coefficient (Wildman–Crippen LogP) is 1.21. The van der Waals surface area contributed by atoms with Crippen molar-refractivity contribution in [3.05, 3.63) is 30.0 Å². The lowest BCUT2D eigenvalue weighted by molar-refractivity contribution is -0.136. The lowest BCUT2D eigenvalue weighted by atomic mass is 10.2. The van der Waals surface area contributed by atoms with Crippen molar-refractivity contribution in [2.75, 3.05) is 45.7 Å². The Morgan fingerprint density at radius 2 is 1.73 bits per heavy atom. The number of nitrogens with zero attached hydrogens (tertiary/aromatic N) is 3. The second kappa shape index (κ2) is 8.76. The molecule has 8 nitrogen and oxygen atoms in total. The third-order valence-electron chi connectivity index (χ3n) is 4.13. The van der Waals surface area contributed by atoms with Crippen LogP contribution in [0.4, 0.5) is 5.69 Å². The summed E-state index contributed by atoms with van der Waals surface area (Å²) in [4.78, 5) is 27.1. The number of hydrogen-bond donors (Lipinski definition) is 1. The van der Waals surface area contributed by atoms with Crippen LogP contribution in [0.3, 0.4) is 0 Å². The Bertz CT molecular complexity index is 746. The zero-order valence-electron chi connectivity index (χ0n) is 15.1. The van der Waals surface area contributed by atoms with Crippen molar-refractivity contribution in [3.63, 3.8) is 0 Å². The van der Waals surface area contributed by atoms with E-state index in [1.54, 1.807) is 35.1 Å². The van der Waals surface area contributed by atoms with Crippen LogP contribution in [0.15, 0.2) is 30.0 Å². The van der Waals surface area contributed by atoms with E-state index in [4.69, 9.17) is 9.47 Å². The Balaban J connectivity index is 2.05. The molecule has 2 amide bonds. The molecule has 0 aromatic heterocycles. The summed E-state index contributed by atoms with van der Waals surface area (Å²) in [6, 6.07) is 7.11. The molecule has 0 atom stereocenters. The normalized spacial score (nSPS) is 14.5. The van der Waals surface area contributed by atoms with E-state index in [1.165, 1.54) is 20.2 Å². The summed E-state index contributed by atoms with van der Waals surface area (Å²) in [6.07, 6.45) is 1.38. The van der Waals surface area contributed by atoms with Crippen molar-refractivity contribution in [2.45, 2.75) is 6.92 Å². The highest BCUT2D eigenvalue weighted by Gasteiger charge is 2.24. The summed E-state index contributed by atoms with van der Waals surface area (Å²) in [6.45, 7) is 3.28. The van der Waals surface area contributed by atoms with Gasteiger partial charge in [0.2, 0.25) is 5.91 Å². The molecule has 0 radical (unpaired) electrons. The Hall–Kier alpha value is -3.21. The quantitative estimate of drug-likeness (QED) is 0.628. The molecule has 1 aromatic carbocycles. The molecule has 1 aliphatic heterocycles. The molecule has 26 heavy (non-hydrogen) atoms. The Morgan fingerprint density at radius 1 is 1.12 bits per heavy atom. The standard InChI is InChI=1S/C18H22N4O4/c1-13(23)21-6-8-22(9-7-21)18(24)14(11-19)12-20-15-4-5-16(25-2)17(10-15)26-3/h4-5,10,12,20H,6-9H2,1-3H3/b14-12-. The average molecular weight is 358 g/mol. The monoisotopic (exact) mass is 358 g/mol. The predicted molar refractivity (Wildman–Crippen MR) is 95.7 cm³/mol. The molecule has 1 fully saturated rings. The van der Waals surface area contributed by atoms with Crippen LogP contribution in [-0.2, 0) is 9.59 Å². The minimum atomic E-state index is -0.358. The van der Waals surface area contributed by atoms with Gasteiger partial charge in [-0.25, -0.2) is 0 Å². The number of nitrogens with one attached hydrogen (secondary N) is 1. The molecule has 2 rings (SSSR count). The fourth-order valence-corrected chi connectivity index (χ4v) is 2.62.